The second kappa shape index (κ2) is 9.60. The van der Waals surface area contributed by atoms with Crippen LogP contribution in [0.4, 0.5) is 13.2 Å². The van der Waals surface area contributed by atoms with Gasteiger partial charge in [-0.1, -0.05) is 19.3 Å². The minimum atomic E-state index is -5.12. The number of alkyl halides is 3. The monoisotopic (exact) mass is 549 g/mol. The average Bonchev–Trinajstić information content (AvgIpc) is 2.60. The summed E-state index contributed by atoms with van der Waals surface area (Å²) in [5.74, 6) is -4.13. The summed E-state index contributed by atoms with van der Waals surface area (Å²) in [6.07, 6.45) is -1.12. The van der Waals surface area contributed by atoms with E-state index in [1.165, 1.54) is 18.2 Å². The highest BCUT2D eigenvalue weighted by Gasteiger charge is 2.43. The Morgan fingerprint density at radius 2 is 1.86 bits per heavy atom. The van der Waals surface area contributed by atoms with Crippen molar-refractivity contribution in [3.63, 3.8) is 0 Å². The van der Waals surface area contributed by atoms with Crippen molar-refractivity contribution in [2.75, 3.05) is 5.75 Å². The lowest BCUT2D eigenvalue weighted by Gasteiger charge is -2.22. The fourth-order valence-electron chi connectivity index (χ4n) is 2.96. The maximum absolute atomic E-state index is 13.1. The summed E-state index contributed by atoms with van der Waals surface area (Å²) >= 11 is 1.89. The van der Waals surface area contributed by atoms with Crippen LogP contribution < -0.4 is 10.1 Å². The second-order valence-corrected chi connectivity index (χ2v) is 9.46. The molecule has 0 heterocycles. The highest BCUT2D eigenvalue weighted by Crippen LogP contribution is 2.29. The molecule has 0 radical (unpaired) electrons. The number of esters is 1. The van der Waals surface area contributed by atoms with Gasteiger partial charge in [-0.25, -0.2) is 0 Å². The van der Waals surface area contributed by atoms with Crippen LogP contribution in [-0.4, -0.2) is 42.8 Å². The van der Waals surface area contributed by atoms with E-state index in [0.29, 0.717) is 16.4 Å². The maximum Gasteiger partial charge on any atom is 0.409 e. The van der Waals surface area contributed by atoms with Gasteiger partial charge in [-0.2, -0.15) is 21.6 Å². The topological polar surface area (TPSA) is 110 Å². The Hall–Kier alpha value is -1.41. The summed E-state index contributed by atoms with van der Waals surface area (Å²) in [6.45, 7) is 0. The smallest absolute Gasteiger partial charge is 0.409 e. The minimum Gasteiger partial charge on any atom is -0.425 e. The first kappa shape index (κ1) is 23.9. The van der Waals surface area contributed by atoms with Gasteiger partial charge in [-0.3, -0.25) is 14.1 Å². The van der Waals surface area contributed by atoms with Crippen LogP contribution in [0.2, 0.25) is 0 Å². The van der Waals surface area contributed by atoms with Crippen molar-refractivity contribution >= 4 is 44.6 Å². The van der Waals surface area contributed by atoms with Crippen molar-refractivity contribution < 1.29 is 40.5 Å². The van der Waals surface area contributed by atoms with E-state index < -0.39 is 40.0 Å². The Kier molecular flexibility index (Phi) is 7.90. The summed E-state index contributed by atoms with van der Waals surface area (Å²) < 4.78 is 75.6. The molecule has 1 amide bonds. The quantitative estimate of drug-likeness (QED) is 0.244. The predicted molar refractivity (Wildman–Crippen MR) is 105 cm³/mol. The fraction of sp³-hybridized carbons (Fsp3) is 0.529. The van der Waals surface area contributed by atoms with Crippen molar-refractivity contribution in [3.05, 3.63) is 27.3 Å². The summed E-state index contributed by atoms with van der Waals surface area (Å²) in [5, 5.41) is 1.55. The van der Waals surface area contributed by atoms with E-state index in [0.717, 1.165) is 19.3 Å². The number of ether oxygens (including phenoxy) is 1. The van der Waals surface area contributed by atoms with Gasteiger partial charge in [0, 0.05) is 3.57 Å². The zero-order valence-corrected chi connectivity index (χ0v) is 18.0. The largest absolute Gasteiger partial charge is 0.425 e. The van der Waals surface area contributed by atoms with Crippen LogP contribution in [0.3, 0.4) is 0 Å². The van der Waals surface area contributed by atoms with Crippen molar-refractivity contribution in [3.8, 4) is 5.75 Å². The molecule has 0 saturated heterocycles. The van der Waals surface area contributed by atoms with Gasteiger partial charge in [0.05, 0.1) is 11.5 Å². The number of halogens is 4. The van der Waals surface area contributed by atoms with Gasteiger partial charge in [-0.15, -0.1) is 0 Å². The van der Waals surface area contributed by atoms with Crippen LogP contribution in [0.15, 0.2) is 18.2 Å². The molecule has 0 bridgehead atoms. The van der Waals surface area contributed by atoms with E-state index in [9.17, 15) is 31.2 Å². The molecule has 1 atom stereocenters. The number of amides is 1. The molecule has 1 aliphatic rings. The molecule has 162 valence electrons. The molecule has 1 aromatic carbocycles. The Bertz CT molecular complexity index is 868. The van der Waals surface area contributed by atoms with E-state index in [4.69, 9.17) is 9.29 Å². The van der Waals surface area contributed by atoms with Crippen LogP contribution in [0.5, 0.6) is 5.75 Å². The molecule has 0 spiro atoms. The molecule has 2 rings (SSSR count). The van der Waals surface area contributed by atoms with Gasteiger partial charge in [0.15, 0.2) is 0 Å². The Balaban J connectivity index is 2.24. The normalized spacial score (nSPS) is 16.9. The van der Waals surface area contributed by atoms with Gasteiger partial charge in [0.1, 0.15) is 17.5 Å². The van der Waals surface area contributed by atoms with Crippen LogP contribution in [0, 0.1) is 9.49 Å². The van der Waals surface area contributed by atoms with Gasteiger partial charge in [0.2, 0.25) is 0 Å². The molecule has 0 aromatic heterocycles. The average molecular weight is 549 g/mol. The van der Waals surface area contributed by atoms with Gasteiger partial charge < -0.3 is 10.1 Å². The maximum atomic E-state index is 13.1. The number of carbonyl (C=O) groups excluding carboxylic acids is 2. The number of hydrogen-bond donors (Lipinski definition) is 2. The number of rotatable bonds is 6. The van der Waals surface area contributed by atoms with E-state index in [1.54, 1.807) is 5.32 Å². The standard InChI is InChI=1S/C17H19F3INO6S/c18-17(19,20)14(9-29(25,26)27)22-15(23)12-7-6-11(21)8-13(12)28-16(24)10-4-2-1-3-5-10/h6-8,10,14H,1-5,9H2,(H,22,23)(H,25,26,27). The van der Waals surface area contributed by atoms with E-state index in [2.05, 4.69) is 0 Å². The molecular weight excluding hydrogens is 530 g/mol. The number of carbonyl (C=O) groups is 2. The summed E-state index contributed by atoms with van der Waals surface area (Å²) in [4.78, 5) is 24.8. The third kappa shape index (κ3) is 7.41. The van der Waals surface area contributed by atoms with E-state index >= 15 is 0 Å². The summed E-state index contributed by atoms with van der Waals surface area (Å²) in [5.41, 5.74) is -0.348. The lowest BCUT2D eigenvalue weighted by atomic mass is 9.89. The summed E-state index contributed by atoms with van der Waals surface area (Å²) in [6, 6.07) is 1.12. The third-order valence-electron chi connectivity index (χ3n) is 4.42. The van der Waals surface area contributed by atoms with Crippen molar-refractivity contribution in [2.24, 2.45) is 5.92 Å². The lowest BCUT2D eigenvalue weighted by molar-refractivity contribution is -0.148. The Morgan fingerprint density at radius 1 is 1.24 bits per heavy atom. The van der Waals surface area contributed by atoms with Gasteiger partial charge in [0.25, 0.3) is 16.0 Å². The SMILES string of the molecule is O=C(NC(CS(=O)(=O)O)C(F)(F)F)c1ccc(I)cc1OC(=O)C1CCCCC1. The van der Waals surface area contributed by atoms with Crippen LogP contribution in [-0.2, 0) is 14.9 Å². The molecule has 1 unspecified atom stereocenters. The van der Waals surface area contributed by atoms with E-state index in [1.807, 2.05) is 22.6 Å². The second-order valence-electron chi connectivity index (χ2n) is 6.71. The number of nitrogens with one attached hydrogen (secondary N) is 1. The van der Waals surface area contributed by atoms with Crippen LogP contribution in [0.25, 0.3) is 0 Å². The fourth-order valence-corrected chi connectivity index (χ4v) is 4.12. The third-order valence-corrected chi connectivity index (χ3v) is 5.84. The molecular formula is C17H19F3INO6S. The highest BCUT2D eigenvalue weighted by molar-refractivity contribution is 14.1. The summed E-state index contributed by atoms with van der Waals surface area (Å²) in [7, 11) is -5.01. The first-order valence-corrected chi connectivity index (χ1v) is 11.4. The molecule has 1 fully saturated rings. The number of hydrogen-bond acceptors (Lipinski definition) is 5. The zero-order valence-electron chi connectivity index (χ0n) is 15.0. The predicted octanol–water partition coefficient (Wildman–Crippen LogP) is 3.33. The highest BCUT2D eigenvalue weighted by atomic mass is 127. The van der Waals surface area contributed by atoms with Crippen molar-refractivity contribution in [2.45, 2.75) is 44.3 Å². The minimum absolute atomic E-state index is 0.210. The molecule has 2 N–H and O–H groups in total. The van der Waals surface area contributed by atoms with Crippen LogP contribution in [0.1, 0.15) is 42.5 Å². The van der Waals surface area contributed by atoms with Crippen molar-refractivity contribution in [1.29, 1.82) is 0 Å². The van der Waals surface area contributed by atoms with E-state index in [-0.39, 0.29) is 17.2 Å². The first-order chi connectivity index (χ1) is 13.4. The Morgan fingerprint density at radius 3 is 2.41 bits per heavy atom. The molecule has 7 nitrogen and oxygen atoms in total. The van der Waals surface area contributed by atoms with Crippen LogP contribution >= 0.6 is 22.6 Å². The molecule has 1 aliphatic carbocycles. The molecule has 1 saturated carbocycles. The first-order valence-electron chi connectivity index (χ1n) is 8.71. The zero-order chi connectivity index (χ0) is 21.8. The van der Waals surface area contributed by atoms with Crippen molar-refractivity contribution in [1.82, 2.24) is 5.32 Å². The lowest BCUT2D eigenvalue weighted by Crippen LogP contribution is -2.49. The molecule has 12 heteroatoms. The van der Waals surface area contributed by atoms with Gasteiger partial charge >= 0.3 is 12.1 Å². The molecule has 29 heavy (non-hydrogen) atoms. The molecule has 0 aliphatic heterocycles. The molecule has 1 aromatic rings. The van der Waals surface area contributed by atoms with Gasteiger partial charge in [-0.05, 0) is 53.6 Å². The Labute approximate surface area is 179 Å². The number of benzene rings is 1.